The summed E-state index contributed by atoms with van der Waals surface area (Å²) in [6.45, 7) is 11.4. The monoisotopic (exact) mass is 422 g/mol. The van der Waals surface area contributed by atoms with Crippen LogP contribution in [0, 0.1) is 6.92 Å². The van der Waals surface area contributed by atoms with Crippen molar-refractivity contribution in [3.8, 4) is 5.75 Å². The molecule has 0 aromatic heterocycles. The van der Waals surface area contributed by atoms with Crippen LogP contribution in [0.1, 0.15) is 55.1 Å². The van der Waals surface area contributed by atoms with E-state index in [4.69, 9.17) is 4.74 Å². The van der Waals surface area contributed by atoms with Crippen LogP contribution < -0.4 is 4.74 Å². The van der Waals surface area contributed by atoms with E-state index in [0.29, 0.717) is 45.6 Å². The summed E-state index contributed by atoms with van der Waals surface area (Å²) in [5.74, 6) is 1.02. The number of carbonyl (C=O) groups is 2. The number of ether oxygens (including phenoxy) is 1. The van der Waals surface area contributed by atoms with Crippen LogP contribution in [0.5, 0.6) is 5.75 Å². The number of hydrogen-bond acceptors (Lipinski definition) is 3. The molecule has 0 spiro atoms. The quantitative estimate of drug-likeness (QED) is 0.647. The Hall–Kier alpha value is -2.82. The molecule has 1 aliphatic rings. The number of rotatable bonds is 6. The van der Waals surface area contributed by atoms with Crippen molar-refractivity contribution in [2.45, 2.75) is 46.0 Å². The molecule has 1 saturated heterocycles. The van der Waals surface area contributed by atoms with Crippen LogP contribution in [-0.4, -0.2) is 54.4 Å². The van der Waals surface area contributed by atoms with Gasteiger partial charge in [-0.15, -0.1) is 0 Å². The van der Waals surface area contributed by atoms with Crippen LogP contribution >= 0.6 is 0 Å². The Morgan fingerprint density at radius 3 is 2.13 bits per heavy atom. The number of hydrogen-bond donors (Lipinski definition) is 0. The minimum atomic E-state index is 0.0519. The molecule has 0 aliphatic carbocycles. The lowest BCUT2D eigenvalue weighted by Gasteiger charge is -2.35. The molecule has 1 aliphatic heterocycles. The van der Waals surface area contributed by atoms with Crippen molar-refractivity contribution in [1.82, 2.24) is 9.80 Å². The highest BCUT2D eigenvalue weighted by atomic mass is 16.5. The molecule has 0 N–H and O–H groups in total. The standard InChI is InChI=1S/C26H34N2O3/c1-20-8-5-6-9-23(20)25(30)28-17-15-27(16-18-28)24(29)10-7-19-31-22-13-11-21(12-14-22)26(2,3)4/h5-6,8-9,11-14H,7,10,15-19H2,1-4H3. The van der Waals surface area contributed by atoms with Gasteiger partial charge in [0, 0.05) is 38.2 Å². The summed E-state index contributed by atoms with van der Waals surface area (Å²) < 4.78 is 5.80. The summed E-state index contributed by atoms with van der Waals surface area (Å²) in [6, 6.07) is 15.8. The van der Waals surface area contributed by atoms with Gasteiger partial charge in [-0.2, -0.15) is 0 Å². The van der Waals surface area contributed by atoms with Crippen molar-refractivity contribution in [2.24, 2.45) is 0 Å². The van der Waals surface area contributed by atoms with E-state index in [0.717, 1.165) is 16.9 Å². The van der Waals surface area contributed by atoms with Gasteiger partial charge in [-0.3, -0.25) is 9.59 Å². The van der Waals surface area contributed by atoms with Gasteiger partial charge in [0.05, 0.1) is 6.61 Å². The van der Waals surface area contributed by atoms with Crippen molar-refractivity contribution in [3.05, 3.63) is 65.2 Å². The summed E-state index contributed by atoms with van der Waals surface area (Å²) >= 11 is 0. The molecule has 166 valence electrons. The molecule has 3 rings (SSSR count). The van der Waals surface area contributed by atoms with Gasteiger partial charge in [-0.25, -0.2) is 0 Å². The molecule has 0 atom stereocenters. The number of benzene rings is 2. The van der Waals surface area contributed by atoms with Crippen LogP contribution in [0.3, 0.4) is 0 Å². The normalized spacial score (nSPS) is 14.5. The van der Waals surface area contributed by atoms with E-state index in [2.05, 4.69) is 32.9 Å². The third kappa shape index (κ3) is 6.09. The van der Waals surface area contributed by atoms with Gasteiger partial charge < -0.3 is 14.5 Å². The Morgan fingerprint density at radius 2 is 1.52 bits per heavy atom. The average Bonchev–Trinajstić information content (AvgIpc) is 2.76. The molecular weight excluding hydrogens is 388 g/mol. The van der Waals surface area contributed by atoms with E-state index in [1.165, 1.54) is 5.56 Å². The van der Waals surface area contributed by atoms with Crippen molar-refractivity contribution >= 4 is 11.8 Å². The number of carbonyl (C=O) groups excluding carboxylic acids is 2. The summed E-state index contributed by atoms with van der Waals surface area (Å²) in [5.41, 5.74) is 3.13. The van der Waals surface area contributed by atoms with Gasteiger partial charge >= 0.3 is 0 Å². The highest BCUT2D eigenvalue weighted by Gasteiger charge is 2.25. The maximum atomic E-state index is 12.7. The van der Waals surface area contributed by atoms with Gasteiger partial charge in [0.1, 0.15) is 5.75 Å². The lowest BCUT2D eigenvalue weighted by Crippen LogP contribution is -2.50. The zero-order valence-corrected chi connectivity index (χ0v) is 19.2. The van der Waals surface area contributed by atoms with E-state index in [-0.39, 0.29) is 17.2 Å². The fraction of sp³-hybridized carbons (Fsp3) is 0.462. The molecule has 0 bridgehead atoms. The zero-order chi connectivity index (χ0) is 22.4. The molecule has 2 amide bonds. The number of aryl methyl sites for hydroxylation is 1. The van der Waals surface area contributed by atoms with E-state index in [1.54, 1.807) is 0 Å². The van der Waals surface area contributed by atoms with Crippen LogP contribution in [0.15, 0.2) is 48.5 Å². The predicted molar refractivity (Wildman–Crippen MR) is 124 cm³/mol. The molecule has 1 heterocycles. The smallest absolute Gasteiger partial charge is 0.254 e. The van der Waals surface area contributed by atoms with E-state index >= 15 is 0 Å². The molecule has 5 heteroatoms. The maximum absolute atomic E-state index is 12.7. The van der Waals surface area contributed by atoms with Crippen LogP contribution in [0.4, 0.5) is 0 Å². The summed E-state index contributed by atoms with van der Waals surface area (Å²) in [6.07, 6.45) is 1.15. The van der Waals surface area contributed by atoms with Gasteiger partial charge in [0.2, 0.25) is 5.91 Å². The molecule has 2 aromatic rings. The van der Waals surface area contributed by atoms with E-state index < -0.39 is 0 Å². The fourth-order valence-corrected chi connectivity index (χ4v) is 3.76. The van der Waals surface area contributed by atoms with Crippen molar-refractivity contribution in [1.29, 1.82) is 0 Å². The number of nitrogens with zero attached hydrogens (tertiary/aromatic N) is 2. The summed E-state index contributed by atoms with van der Waals surface area (Å²) in [4.78, 5) is 29.0. The van der Waals surface area contributed by atoms with E-state index in [9.17, 15) is 9.59 Å². The minimum absolute atomic E-state index is 0.0519. The van der Waals surface area contributed by atoms with Gasteiger partial charge in [0.15, 0.2) is 0 Å². The second-order valence-electron chi connectivity index (χ2n) is 9.21. The first-order valence-electron chi connectivity index (χ1n) is 11.1. The SMILES string of the molecule is Cc1ccccc1C(=O)N1CCN(C(=O)CCCOc2ccc(C(C)(C)C)cc2)CC1. The Balaban J connectivity index is 1.38. The van der Waals surface area contributed by atoms with Crippen molar-refractivity contribution in [2.75, 3.05) is 32.8 Å². The zero-order valence-electron chi connectivity index (χ0n) is 19.2. The maximum Gasteiger partial charge on any atom is 0.254 e. The predicted octanol–water partition coefficient (Wildman–Crippen LogP) is 4.44. The van der Waals surface area contributed by atoms with Crippen molar-refractivity contribution in [3.63, 3.8) is 0 Å². The van der Waals surface area contributed by atoms with E-state index in [1.807, 2.05) is 53.1 Å². The molecule has 2 aromatic carbocycles. The summed E-state index contributed by atoms with van der Waals surface area (Å²) in [7, 11) is 0. The lowest BCUT2D eigenvalue weighted by molar-refractivity contribution is -0.132. The molecule has 0 saturated carbocycles. The van der Waals surface area contributed by atoms with Gasteiger partial charge in [-0.1, -0.05) is 51.1 Å². The van der Waals surface area contributed by atoms with Crippen LogP contribution in [0.25, 0.3) is 0 Å². The third-order valence-corrected chi connectivity index (χ3v) is 5.82. The molecule has 0 unspecified atom stereocenters. The Kier molecular flexibility index (Phi) is 7.37. The van der Waals surface area contributed by atoms with Crippen molar-refractivity contribution < 1.29 is 14.3 Å². The molecule has 1 fully saturated rings. The summed E-state index contributed by atoms with van der Waals surface area (Å²) in [5, 5.41) is 0. The number of amides is 2. The lowest BCUT2D eigenvalue weighted by atomic mass is 9.87. The highest BCUT2D eigenvalue weighted by molar-refractivity contribution is 5.95. The van der Waals surface area contributed by atoms with Crippen LogP contribution in [-0.2, 0) is 10.2 Å². The second kappa shape index (κ2) is 9.99. The molecule has 0 radical (unpaired) electrons. The van der Waals surface area contributed by atoms with Gasteiger partial charge in [0.25, 0.3) is 5.91 Å². The molecule has 5 nitrogen and oxygen atoms in total. The number of piperazine rings is 1. The van der Waals surface area contributed by atoms with Gasteiger partial charge in [-0.05, 0) is 48.1 Å². The average molecular weight is 423 g/mol. The Labute approximate surface area is 186 Å². The van der Waals surface area contributed by atoms with Crippen LogP contribution in [0.2, 0.25) is 0 Å². The topological polar surface area (TPSA) is 49.9 Å². The first-order valence-corrected chi connectivity index (χ1v) is 11.1. The highest BCUT2D eigenvalue weighted by Crippen LogP contribution is 2.24. The third-order valence-electron chi connectivity index (χ3n) is 5.82. The Morgan fingerprint density at radius 1 is 0.903 bits per heavy atom. The first-order chi connectivity index (χ1) is 14.8. The molecular formula is C26H34N2O3. The fourth-order valence-electron chi connectivity index (χ4n) is 3.76. The molecule has 31 heavy (non-hydrogen) atoms. The largest absolute Gasteiger partial charge is 0.494 e. The minimum Gasteiger partial charge on any atom is -0.494 e. The second-order valence-corrected chi connectivity index (χ2v) is 9.21. The Bertz CT molecular complexity index is 892. The first kappa shape index (κ1) is 22.9.